The fourth-order valence-corrected chi connectivity index (χ4v) is 9.78. The Hall–Kier alpha value is -3.73. The minimum absolute atomic E-state index is 0. The quantitative estimate of drug-likeness (QED) is 0.0451. The molecule has 6 aromatic carbocycles. The van der Waals surface area contributed by atoms with E-state index in [1.165, 1.54) is 31.8 Å². The van der Waals surface area contributed by atoms with Crippen LogP contribution in [0.1, 0.15) is 0 Å². The van der Waals surface area contributed by atoms with Crippen LogP contribution in [-0.2, 0) is 39.0 Å². The van der Waals surface area contributed by atoms with Gasteiger partial charge in [-0.2, -0.15) is 52.7 Å². The first-order chi connectivity index (χ1) is 30.7. The third-order valence-corrected chi connectivity index (χ3v) is 13.0. The van der Waals surface area contributed by atoms with Crippen molar-refractivity contribution in [1.29, 1.82) is 0 Å². The molecule has 6 rings (SSSR count). The first kappa shape index (κ1) is 66.3. The van der Waals surface area contributed by atoms with Crippen molar-refractivity contribution in [2.75, 3.05) is 0 Å². The molecule has 0 aliphatic rings. The average Bonchev–Trinajstić information content (AvgIpc) is 3.26. The van der Waals surface area contributed by atoms with Crippen molar-refractivity contribution < 1.29 is 132 Å². The third-order valence-electron chi connectivity index (χ3n) is 7.55. The molecule has 0 amide bonds. The Morgan fingerprint density at radius 3 is 0.397 bits per heavy atom. The Morgan fingerprint density at radius 2 is 0.324 bits per heavy atom. The number of halogens is 12. The monoisotopic (exact) mass is 1200 g/mol. The van der Waals surface area contributed by atoms with Gasteiger partial charge in [0.2, 0.25) is 0 Å². The van der Waals surface area contributed by atoms with E-state index < -0.39 is 65.7 Å². The molecule has 0 fully saturated rings. The van der Waals surface area contributed by atoms with Crippen LogP contribution < -0.4 is 31.8 Å². The molecule has 0 spiro atoms. The molecule has 0 atom stereocenters. The van der Waals surface area contributed by atoms with Gasteiger partial charge in [0.1, 0.15) is 31.8 Å². The normalized spacial score (nSPS) is 11.2. The van der Waals surface area contributed by atoms with Crippen LogP contribution >= 0.6 is 15.8 Å². The van der Waals surface area contributed by atoms with Gasteiger partial charge in [-0.15, -0.1) is 0 Å². The van der Waals surface area contributed by atoms with E-state index in [4.69, 9.17) is 40.9 Å². The van der Waals surface area contributed by atoms with Crippen molar-refractivity contribution >= 4 is 47.7 Å². The number of benzene rings is 6. The first-order valence-electron chi connectivity index (χ1n) is 18.5. The van der Waals surface area contributed by atoms with E-state index in [-0.39, 0.29) is 39.0 Å². The van der Waals surface area contributed by atoms with Gasteiger partial charge in [-0.1, -0.05) is 109 Å². The van der Waals surface area contributed by atoms with E-state index in [1.807, 2.05) is 0 Å². The van der Waals surface area contributed by atoms with E-state index >= 15 is 0 Å². The number of hydrogen-bond donors (Lipinski definition) is 8. The van der Waals surface area contributed by atoms with Crippen molar-refractivity contribution in [2.24, 2.45) is 0 Å². The Kier molecular flexibility index (Phi) is 32.2. The van der Waals surface area contributed by atoms with Gasteiger partial charge >= 0.3 is 24.7 Å². The molecule has 0 aliphatic carbocycles. The van der Waals surface area contributed by atoms with Gasteiger partial charge < -0.3 is 40.9 Å². The molecule has 8 N–H and O–H groups in total. The molecular formula is C44H44F12O8P2Rh2+2. The van der Waals surface area contributed by atoms with Crippen LogP contribution in [0, 0.1) is 0 Å². The average molecular weight is 1200 g/mol. The van der Waals surface area contributed by atoms with E-state index in [0.717, 1.165) is 0 Å². The van der Waals surface area contributed by atoms with Gasteiger partial charge in [-0.3, -0.25) is 0 Å². The number of hydrogen-bond acceptors (Lipinski definition) is 8. The zero-order valence-electron chi connectivity index (χ0n) is 34.4. The second-order valence-electron chi connectivity index (χ2n) is 12.6. The van der Waals surface area contributed by atoms with Crippen molar-refractivity contribution in [2.45, 2.75) is 49.9 Å². The molecule has 0 aliphatic heterocycles. The molecule has 2 radical (unpaired) electrons. The molecular weight excluding hydrogens is 1150 g/mol. The molecule has 68 heavy (non-hydrogen) atoms. The Morgan fingerprint density at radius 1 is 0.235 bits per heavy atom. The van der Waals surface area contributed by atoms with Crippen molar-refractivity contribution in [1.82, 2.24) is 0 Å². The number of rotatable bonds is 6. The summed E-state index contributed by atoms with van der Waals surface area (Å²) in [6, 6.07) is 65.0. The summed E-state index contributed by atoms with van der Waals surface area (Å²) in [6.45, 7) is 0. The maximum Gasteiger partial charge on any atom is 0.439 e. The van der Waals surface area contributed by atoms with Crippen molar-refractivity contribution in [3.8, 4) is 0 Å². The molecule has 24 heteroatoms. The number of aliphatic hydroxyl groups excluding tert-OH is 4. The van der Waals surface area contributed by atoms with Crippen LogP contribution in [0.2, 0.25) is 0 Å². The van der Waals surface area contributed by atoms with E-state index in [2.05, 4.69) is 182 Å². The minimum atomic E-state index is -4.89. The third kappa shape index (κ3) is 27.5. The SMILES string of the molecule is OC(O)C(F)(F)F.OC(O)C(F)(F)F.OC(O)C(F)(F)F.OC(O)C(F)(F)F.[Rh].[Rh].c1ccc([PH+](c2ccccc2)c2ccccc2)cc1.c1ccc([PH+](c2ccccc2)c2ccccc2)cc1. The summed E-state index contributed by atoms with van der Waals surface area (Å²) < 4.78 is 128. The van der Waals surface area contributed by atoms with Gasteiger partial charge in [0.05, 0.1) is 15.8 Å². The zero-order valence-corrected chi connectivity index (χ0v) is 39.7. The van der Waals surface area contributed by atoms with Crippen molar-refractivity contribution in [3.63, 3.8) is 0 Å². The van der Waals surface area contributed by atoms with Gasteiger partial charge in [0.15, 0.2) is 0 Å². The number of alkyl halides is 12. The number of aliphatic hydroxyl groups is 8. The molecule has 0 aromatic heterocycles. The second-order valence-corrected chi connectivity index (χ2v) is 17.6. The largest absolute Gasteiger partial charge is 0.439 e. The summed E-state index contributed by atoms with van der Waals surface area (Å²) in [6.07, 6.45) is -32.4. The summed E-state index contributed by atoms with van der Waals surface area (Å²) in [5, 5.41) is 67.2. The second kappa shape index (κ2) is 33.0. The summed E-state index contributed by atoms with van der Waals surface area (Å²) in [4.78, 5) is 0. The Bertz CT molecular complexity index is 1750. The smallest absolute Gasteiger partial charge is 0.361 e. The standard InChI is InChI=1S/2C18H15P.4C2H3F3O2.2Rh/c2*1-4-10-16(11-5-1)19(17-12-6-2-7-13-17)18-14-8-3-9-15-18;4*3-2(4,5)1(6)7;;/h2*1-15H;4*1,6-7H;;/p+2. The van der Waals surface area contributed by atoms with Crippen LogP contribution in [0.4, 0.5) is 52.7 Å². The molecule has 0 unspecified atom stereocenters. The summed E-state index contributed by atoms with van der Waals surface area (Å²) in [5.74, 6) is 0. The summed E-state index contributed by atoms with van der Waals surface area (Å²) >= 11 is 0. The molecule has 0 bridgehead atoms. The van der Waals surface area contributed by atoms with Crippen LogP contribution in [0.3, 0.4) is 0 Å². The summed E-state index contributed by atoms with van der Waals surface area (Å²) in [5.41, 5.74) is 0. The molecule has 8 nitrogen and oxygen atoms in total. The van der Waals surface area contributed by atoms with E-state index in [9.17, 15) is 52.7 Å². The Labute approximate surface area is 410 Å². The zero-order chi connectivity index (χ0) is 50.1. The fourth-order valence-electron chi connectivity index (χ4n) is 4.63. The van der Waals surface area contributed by atoms with E-state index in [0.29, 0.717) is 0 Å². The van der Waals surface area contributed by atoms with Crippen LogP contribution in [0.15, 0.2) is 182 Å². The van der Waals surface area contributed by atoms with Crippen LogP contribution in [0.5, 0.6) is 0 Å². The maximum absolute atomic E-state index is 10.7. The Balaban J connectivity index is 0. The predicted molar refractivity (Wildman–Crippen MR) is 230 cm³/mol. The molecule has 0 saturated heterocycles. The van der Waals surface area contributed by atoms with Gasteiger partial charge in [0.25, 0.3) is 25.2 Å². The van der Waals surface area contributed by atoms with E-state index in [1.54, 1.807) is 0 Å². The minimum Gasteiger partial charge on any atom is -0.361 e. The molecule has 378 valence electrons. The fraction of sp³-hybridized carbons (Fsp3) is 0.182. The van der Waals surface area contributed by atoms with Crippen molar-refractivity contribution in [3.05, 3.63) is 182 Å². The molecule has 0 saturated carbocycles. The van der Waals surface area contributed by atoms with Crippen LogP contribution in [0.25, 0.3) is 0 Å². The first-order valence-corrected chi connectivity index (χ1v) is 21.5. The topological polar surface area (TPSA) is 162 Å². The maximum atomic E-state index is 10.7. The van der Waals surface area contributed by atoms with Gasteiger partial charge in [-0.25, -0.2) is 0 Å². The van der Waals surface area contributed by atoms with Crippen LogP contribution in [-0.4, -0.2) is 90.7 Å². The summed E-state index contributed by atoms with van der Waals surface area (Å²) in [7, 11) is -1.75. The molecule has 0 heterocycles. The van der Waals surface area contributed by atoms with Gasteiger partial charge in [0, 0.05) is 39.0 Å². The van der Waals surface area contributed by atoms with Gasteiger partial charge in [-0.05, 0) is 72.8 Å². The molecule has 6 aromatic rings. The predicted octanol–water partition coefficient (Wildman–Crippen LogP) is 5.79.